The minimum absolute atomic E-state index is 0.0495. The van der Waals surface area contributed by atoms with Crippen LogP contribution in [0.5, 0.6) is 0 Å². The minimum Gasteiger partial charge on any atom is -0.404 e. The van der Waals surface area contributed by atoms with Gasteiger partial charge in [0.05, 0.1) is 12.6 Å². The molecule has 1 unspecified atom stereocenters. The van der Waals surface area contributed by atoms with E-state index in [1.165, 1.54) is 11.1 Å². The second-order valence-corrected chi connectivity index (χ2v) is 8.35. The van der Waals surface area contributed by atoms with Crippen LogP contribution in [0.2, 0.25) is 0 Å². The molecule has 0 N–H and O–H groups in total. The highest BCUT2D eigenvalue weighted by Crippen LogP contribution is 2.32. The molecule has 2 fully saturated rings. The zero-order chi connectivity index (χ0) is 22.6. The summed E-state index contributed by atoms with van der Waals surface area (Å²) in [6.07, 6.45) is 2.69. The molecule has 166 valence electrons. The Bertz CT molecular complexity index is 1110. The molecule has 2 saturated heterocycles. The van der Waals surface area contributed by atoms with Gasteiger partial charge in [-0.25, -0.2) is 9.69 Å². The molecule has 5 nitrogen and oxygen atoms in total. The predicted molar refractivity (Wildman–Crippen MR) is 125 cm³/mol. The monoisotopic (exact) mass is 439 g/mol. The summed E-state index contributed by atoms with van der Waals surface area (Å²) < 4.78 is 10.8. The maximum atomic E-state index is 12.7. The van der Waals surface area contributed by atoms with Crippen LogP contribution < -0.4 is 0 Å². The molecule has 0 spiro atoms. The van der Waals surface area contributed by atoms with Crippen molar-refractivity contribution in [3.8, 4) is 0 Å². The van der Waals surface area contributed by atoms with E-state index >= 15 is 0 Å². The lowest BCUT2D eigenvalue weighted by molar-refractivity contribution is -0.124. The van der Waals surface area contributed by atoms with E-state index in [-0.39, 0.29) is 24.3 Å². The minimum atomic E-state index is -0.633. The van der Waals surface area contributed by atoms with Gasteiger partial charge in [0.15, 0.2) is 5.76 Å². The molecule has 0 aliphatic carbocycles. The number of carbonyl (C=O) groups is 2. The number of hydrogen-bond donors (Lipinski definition) is 0. The van der Waals surface area contributed by atoms with Crippen molar-refractivity contribution in [2.75, 3.05) is 13.2 Å². The number of nitrogens with zero attached hydrogens (tertiary/aromatic N) is 1. The van der Waals surface area contributed by atoms with Crippen LogP contribution in [0, 0.1) is 0 Å². The highest BCUT2D eigenvalue weighted by atomic mass is 16.6. The smallest absolute Gasteiger partial charge is 0.404 e. The summed E-state index contributed by atoms with van der Waals surface area (Å²) in [5, 5.41) is 0. The Kier molecular flexibility index (Phi) is 6.05. The van der Waals surface area contributed by atoms with Gasteiger partial charge in [-0.15, -0.1) is 0 Å². The van der Waals surface area contributed by atoms with Gasteiger partial charge in [-0.1, -0.05) is 84.9 Å². The Morgan fingerprint density at radius 3 is 2.03 bits per heavy atom. The van der Waals surface area contributed by atoms with E-state index in [0.717, 1.165) is 28.9 Å². The fourth-order valence-electron chi connectivity index (χ4n) is 4.45. The molecule has 0 saturated carbocycles. The van der Waals surface area contributed by atoms with Crippen molar-refractivity contribution >= 4 is 18.1 Å². The largest absolute Gasteiger partial charge is 0.422 e. The Morgan fingerprint density at radius 2 is 1.45 bits per heavy atom. The van der Waals surface area contributed by atoms with E-state index in [2.05, 4.69) is 36.4 Å². The van der Waals surface area contributed by atoms with Crippen LogP contribution in [0.4, 0.5) is 4.79 Å². The first-order valence-electron chi connectivity index (χ1n) is 11.3. The first kappa shape index (κ1) is 21.2. The summed E-state index contributed by atoms with van der Waals surface area (Å²) in [7, 11) is 0. The van der Waals surface area contributed by atoms with Crippen LogP contribution in [0.1, 0.15) is 41.0 Å². The molecular formula is C28H25NO4. The van der Waals surface area contributed by atoms with Crippen molar-refractivity contribution < 1.29 is 19.1 Å². The number of imide groups is 1. The molecule has 0 radical (unpaired) electrons. The molecule has 3 aromatic rings. The summed E-state index contributed by atoms with van der Waals surface area (Å²) in [5.41, 5.74) is 4.36. The van der Waals surface area contributed by atoms with E-state index in [9.17, 15) is 9.59 Å². The first-order valence-corrected chi connectivity index (χ1v) is 11.3. The average Bonchev–Trinajstić information content (AvgIpc) is 3.46. The molecule has 0 aromatic heterocycles. The summed E-state index contributed by atoms with van der Waals surface area (Å²) in [5.74, 6) is -0.263. The molecule has 2 aliphatic heterocycles. The highest BCUT2D eigenvalue weighted by Gasteiger charge is 2.38. The maximum absolute atomic E-state index is 12.7. The standard InChI is InChI=1S/C28H25NO4/c30-27-25(33-28(31)29(27)19-24-12-7-17-32-24)18-20-13-15-23(16-14-20)26(21-8-3-1-4-9-21)22-10-5-2-6-11-22/h1-6,8-11,13-16,18,24,26H,7,12,17,19H2. The maximum Gasteiger partial charge on any atom is 0.422 e. The third-order valence-electron chi connectivity index (χ3n) is 6.12. The zero-order valence-electron chi connectivity index (χ0n) is 18.2. The van der Waals surface area contributed by atoms with Crippen molar-refractivity contribution in [1.29, 1.82) is 0 Å². The van der Waals surface area contributed by atoms with Gasteiger partial charge in [-0.05, 0) is 41.2 Å². The van der Waals surface area contributed by atoms with Crippen molar-refractivity contribution in [2.45, 2.75) is 24.9 Å². The number of cyclic esters (lactones) is 1. The summed E-state index contributed by atoms with van der Waals surface area (Å²) >= 11 is 0. The SMILES string of the molecule is O=C1OC(=Cc2ccc(C(c3ccccc3)c3ccccc3)cc2)C(=O)N1CC1CCCO1. The van der Waals surface area contributed by atoms with E-state index < -0.39 is 12.0 Å². The predicted octanol–water partition coefficient (Wildman–Crippen LogP) is 5.37. The number of rotatable bonds is 6. The van der Waals surface area contributed by atoms with Crippen LogP contribution in [-0.2, 0) is 14.3 Å². The molecule has 33 heavy (non-hydrogen) atoms. The van der Waals surface area contributed by atoms with Crippen molar-refractivity contribution in [1.82, 2.24) is 4.90 Å². The number of benzene rings is 3. The zero-order valence-corrected chi connectivity index (χ0v) is 18.2. The molecule has 2 amide bonds. The Morgan fingerprint density at radius 1 is 0.848 bits per heavy atom. The second kappa shape index (κ2) is 9.43. The van der Waals surface area contributed by atoms with Crippen molar-refractivity contribution in [2.24, 2.45) is 0 Å². The molecule has 3 aromatic carbocycles. The fraction of sp³-hybridized carbons (Fsp3) is 0.214. The molecule has 2 aliphatic rings. The average molecular weight is 440 g/mol. The summed E-state index contributed by atoms with van der Waals surface area (Å²) in [6.45, 7) is 0.910. The van der Waals surface area contributed by atoms with E-state index in [1.54, 1.807) is 6.08 Å². The van der Waals surface area contributed by atoms with Gasteiger partial charge in [0.1, 0.15) is 0 Å². The van der Waals surface area contributed by atoms with E-state index in [4.69, 9.17) is 9.47 Å². The summed E-state index contributed by atoms with van der Waals surface area (Å²) in [4.78, 5) is 26.1. The van der Waals surface area contributed by atoms with Gasteiger partial charge in [0.2, 0.25) is 0 Å². The van der Waals surface area contributed by atoms with Crippen LogP contribution in [0.25, 0.3) is 6.08 Å². The van der Waals surface area contributed by atoms with Gasteiger partial charge in [0.25, 0.3) is 5.91 Å². The first-order chi connectivity index (χ1) is 16.2. The van der Waals surface area contributed by atoms with Crippen LogP contribution in [-0.4, -0.2) is 36.2 Å². The van der Waals surface area contributed by atoms with Gasteiger partial charge in [-0.2, -0.15) is 0 Å². The van der Waals surface area contributed by atoms with Crippen LogP contribution >= 0.6 is 0 Å². The van der Waals surface area contributed by atoms with Crippen LogP contribution in [0.15, 0.2) is 90.7 Å². The number of amides is 2. The van der Waals surface area contributed by atoms with Crippen molar-refractivity contribution in [3.63, 3.8) is 0 Å². The van der Waals surface area contributed by atoms with Gasteiger partial charge in [0, 0.05) is 12.5 Å². The quantitative estimate of drug-likeness (QED) is 0.383. The van der Waals surface area contributed by atoms with Gasteiger partial charge in [-0.3, -0.25) is 4.79 Å². The lowest BCUT2D eigenvalue weighted by Gasteiger charge is -2.19. The molecule has 2 heterocycles. The van der Waals surface area contributed by atoms with Crippen LogP contribution in [0.3, 0.4) is 0 Å². The number of carbonyl (C=O) groups excluding carboxylic acids is 2. The van der Waals surface area contributed by atoms with E-state index in [1.807, 2.05) is 48.5 Å². The Balaban J connectivity index is 1.38. The molecule has 0 bridgehead atoms. The summed E-state index contributed by atoms with van der Waals surface area (Å²) in [6, 6.07) is 28.8. The lowest BCUT2D eigenvalue weighted by atomic mass is 9.85. The fourth-order valence-corrected chi connectivity index (χ4v) is 4.45. The molecule has 5 rings (SSSR count). The van der Waals surface area contributed by atoms with Crippen molar-refractivity contribution in [3.05, 3.63) is 113 Å². The Labute approximate surface area is 193 Å². The second-order valence-electron chi connectivity index (χ2n) is 8.35. The third kappa shape index (κ3) is 4.59. The van der Waals surface area contributed by atoms with Gasteiger partial charge >= 0.3 is 6.09 Å². The lowest BCUT2D eigenvalue weighted by Crippen LogP contribution is -2.35. The Hall–Kier alpha value is -3.70. The van der Waals surface area contributed by atoms with E-state index in [0.29, 0.717) is 6.61 Å². The third-order valence-corrected chi connectivity index (χ3v) is 6.12. The molecular weight excluding hydrogens is 414 g/mol. The molecule has 1 atom stereocenters. The number of hydrogen-bond acceptors (Lipinski definition) is 4. The highest BCUT2D eigenvalue weighted by molar-refractivity contribution is 6.09. The van der Waals surface area contributed by atoms with Gasteiger partial charge < -0.3 is 9.47 Å². The molecule has 5 heteroatoms. The number of ether oxygens (including phenoxy) is 2. The topological polar surface area (TPSA) is 55.8 Å². The normalized spacial score (nSPS) is 19.5.